The molecule has 1 amide bonds. The number of hydrogen-bond acceptors (Lipinski definition) is 7. The first-order chi connectivity index (χ1) is 13.7. The van der Waals surface area contributed by atoms with Gasteiger partial charge in [-0.05, 0) is 25.1 Å². The van der Waals surface area contributed by atoms with Gasteiger partial charge in [0.2, 0.25) is 0 Å². The molecule has 1 N–H and O–H groups in total. The van der Waals surface area contributed by atoms with Gasteiger partial charge in [-0.3, -0.25) is 14.4 Å². The van der Waals surface area contributed by atoms with Crippen LogP contribution in [0.2, 0.25) is 0 Å². The fourth-order valence-corrected chi connectivity index (χ4v) is 3.94. The van der Waals surface area contributed by atoms with Crippen molar-refractivity contribution in [2.75, 3.05) is 13.1 Å². The van der Waals surface area contributed by atoms with E-state index in [1.54, 1.807) is 23.8 Å². The van der Waals surface area contributed by atoms with Gasteiger partial charge in [0.05, 0.1) is 24.5 Å². The number of amides is 1. The van der Waals surface area contributed by atoms with Crippen molar-refractivity contribution in [3.8, 4) is 10.8 Å². The summed E-state index contributed by atoms with van der Waals surface area (Å²) in [5.74, 6) is 0.315. The van der Waals surface area contributed by atoms with Crippen molar-refractivity contribution >= 4 is 17.2 Å². The second-order valence-electron chi connectivity index (χ2n) is 6.77. The minimum atomic E-state index is -0.214. The average Bonchev–Trinajstić information content (AvgIpc) is 3.38. The zero-order valence-electron chi connectivity index (χ0n) is 15.8. The molecule has 0 saturated heterocycles. The molecule has 146 valence electrons. The molecule has 0 saturated carbocycles. The van der Waals surface area contributed by atoms with Crippen molar-refractivity contribution in [1.29, 1.82) is 0 Å². The number of nitrogens with one attached hydrogen (secondary N) is 1. The number of unbranched alkanes of at least 4 members (excludes halogenated alkanes) is 1. The van der Waals surface area contributed by atoms with E-state index in [4.69, 9.17) is 0 Å². The Labute approximate surface area is 167 Å². The first-order valence-electron chi connectivity index (χ1n) is 9.52. The largest absolute Gasteiger partial charge is 0.345 e. The van der Waals surface area contributed by atoms with Crippen molar-refractivity contribution in [2.24, 2.45) is 0 Å². The molecule has 0 bridgehead atoms. The molecule has 3 aromatic rings. The predicted molar refractivity (Wildman–Crippen MR) is 107 cm³/mol. The number of hydrogen-bond donors (Lipinski definition) is 1. The number of fused-ring (bicyclic) bond motifs is 1. The van der Waals surface area contributed by atoms with Gasteiger partial charge in [0.15, 0.2) is 10.8 Å². The van der Waals surface area contributed by atoms with Gasteiger partial charge in [0, 0.05) is 30.9 Å². The van der Waals surface area contributed by atoms with Gasteiger partial charge in [0.25, 0.3) is 5.91 Å². The Morgan fingerprint density at radius 1 is 1.29 bits per heavy atom. The van der Waals surface area contributed by atoms with Crippen LogP contribution in [0.5, 0.6) is 0 Å². The van der Waals surface area contributed by atoms with Gasteiger partial charge in [-0.2, -0.15) is 5.10 Å². The molecule has 28 heavy (non-hydrogen) atoms. The van der Waals surface area contributed by atoms with E-state index in [2.05, 4.69) is 47.9 Å². The number of carbonyl (C=O) groups is 1. The maximum Gasteiger partial charge on any atom is 0.271 e. The highest BCUT2D eigenvalue weighted by Crippen LogP contribution is 2.19. The van der Waals surface area contributed by atoms with E-state index >= 15 is 0 Å². The van der Waals surface area contributed by atoms with Gasteiger partial charge < -0.3 is 5.32 Å². The van der Waals surface area contributed by atoms with Crippen LogP contribution in [0, 0.1) is 0 Å². The van der Waals surface area contributed by atoms with E-state index < -0.39 is 0 Å². The fraction of sp³-hybridized carbons (Fsp3) is 0.421. The van der Waals surface area contributed by atoms with Crippen LogP contribution in [0.25, 0.3) is 10.8 Å². The van der Waals surface area contributed by atoms with Crippen molar-refractivity contribution < 1.29 is 4.79 Å². The second-order valence-corrected chi connectivity index (χ2v) is 7.63. The number of thiazole rings is 1. The lowest BCUT2D eigenvalue weighted by molar-refractivity contribution is 0.0946. The summed E-state index contributed by atoms with van der Waals surface area (Å²) in [4.78, 5) is 27.6. The minimum Gasteiger partial charge on any atom is -0.345 e. The van der Waals surface area contributed by atoms with Crippen LogP contribution < -0.4 is 5.32 Å². The molecule has 9 heteroatoms. The summed E-state index contributed by atoms with van der Waals surface area (Å²) < 4.78 is 2.05. The first kappa shape index (κ1) is 18.7. The molecular formula is C19H23N7OS. The molecule has 1 aliphatic heterocycles. The third kappa shape index (κ3) is 4.26. The van der Waals surface area contributed by atoms with Crippen LogP contribution in [0.4, 0.5) is 0 Å². The number of rotatable bonds is 7. The molecule has 1 aliphatic rings. The molecule has 0 fully saturated rings. The van der Waals surface area contributed by atoms with Gasteiger partial charge in [-0.15, -0.1) is 11.3 Å². The summed E-state index contributed by atoms with van der Waals surface area (Å²) in [6, 6.07) is 3.83. The molecule has 0 atom stereocenters. The molecule has 0 aromatic carbocycles. The number of aromatic nitrogens is 5. The first-order valence-corrected chi connectivity index (χ1v) is 10.4. The highest BCUT2D eigenvalue weighted by atomic mass is 32.1. The van der Waals surface area contributed by atoms with E-state index in [1.165, 1.54) is 29.9 Å². The zero-order chi connectivity index (χ0) is 19.3. The maximum atomic E-state index is 12.4. The Morgan fingerprint density at radius 3 is 2.96 bits per heavy atom. The summed E-state index contributed by atoms with van der Waals surface area (Å²) in [6.45, 7) is 6.59. The molecule has 0 unspecified atom stereocenters. The highest BCUT2D eigenvalue weighted by Gasteiger charge is 2.19. The summed E-state index contributed by atoms with van der Waals surface area (Å²) in [5, 5.41) is 9.89. The SMILES string of the molecule is CCCCN1CCn2nc(CNC(=O)c3csc(-c4ncccn4)n3)cc2C1. The van der Waals surface area contributed by atoms with Crippen molar-refractivity contribution in [3.63, 3.8) is 0 Å². The summed E-state index contributed by atoms with van der Waals surface area (Å²) in [6.07, 6.45) is 5.75. The average molecular weight is 398 g/mol. The van der Waals surface area contributed by atoms with Gasteiger partial charge >= 0.3 is 0 Å². The van der Waals surface area contributed by atoms with Crippen LogP contribution in [0.15, 0.2) is 29.9 Å². The Morgan fingerprint density at radius 2 is 2.14 bits per heavy atom. The third-order valence-electron chi connectivity index (χ3n) is 4.68. The molecular weight excluding hydrogens is 374 g/mol. The lowest BCUT2D eigenvalue weighted by Gasteiger charge is -2.27. The molecule has 0 spiro atoms. The fourth-order valence-electron chi connectivity index (χ4n) is 3.19. The van der Waals surface area contributed by atoms with Gasteiger partial charge in [0.1, 0.15) is 5.69 Å². The molecule has 3 aromatic heterocycles. The van der Waals surface area contributed by atoms with Crippen molar-refractivity contribution in [2.45, 2.75) is 39.4 Å². The topological polar surface area (TPSA) is 88.8 Å². The zero-order valence-corrected chi connectivity index (χ0v) is 16.7. The quantitative estimate of drug-likeness (QED) is 0.658. The van der Waals surface area contributed by atoms with E-state index in [-0.39, 0.29) is 5.91 Å². The van der Waals surface area contributed by atoms with Crippen molar-refractivity contribution in [3.05, 3.63) is 47.0 Å². The molecule has 0 radical (unpaired) electrons. The normalized spacial score (nSPS) is 14.0. The van der Waals surface area contributed by atoms with Crippen molar-refractivity contribution in [1.82, 2.24) is 34.9 Å². The van der Waals surface area contributed by atoms with Gasteiger partial charge in [-0.25, -0.2) is 15.0 Å². The maximum absolute atomic E-state index is 12.4. The molecule has 8 nitrogen and oxygen atoms in total. The monoisotopic (exact) mass is 397 g/mol. The Bertz CT molecular complexity index is 937. The Balaban J connectivity index is 1.35. The molecule has 4 heterocycles. The Hall–Kier alpha value is -2.65. The van der Waals surface area contributed by atoms with Crippen LogP contribution in [0.1, 0.15) is 41.6 Å². The summed E-state index contributed by atoms with van der Waals surface area (Å²) in [5.41, 5.74) is 2.47. The van der Waals surface area contributed by atoms with E-state index in [1.807, 2.05) is 0 Å². The minimum absolute atomic E-state index is 0.214. The lowest BCUT2D eigenvalue weighted by Crippen LogP contribution is -2.34. The third-order valence-corrected chi connectivity index (χ3v) is 5.52. The second kappa shape index (κ2) is 8.57. The van der Waals surface area contributed by atoms with E-state index in [9.17, 15) is 4.79 Å². The molecule has 4 rings (SSSR count). The van der Waals surface area contributed by atoms with Crippen LogP contribution in [0.3, 0.4) is 0 Å². The summed E-state index contributed by atoms with van der Waals surface area (Å²) >= 11 is 1.36. The Kier molecular flexibility index (Phi) is 5.73. The predicted octanol–water partition coefficient (Wildman–Crippen LogP) is 2.34. The van der Waals surface area contributed by atoms with Crippen LogP contribution in [-0.2, 0) is 19.6 Å². The number of carbonyl (C=O) groups excluding carboxylic acids is 1. The molecule has 0 aliphatic carbocycles. The van der Waals surface area contributed by atoms with E-state index in [0.29, 0.717) is 23.1 Å². The van der Waals surface area contributed by atoms with Crippen LogP contribution in [-0.4, -0.2) is 48.6 Å². The lowest BCUT2D eigenvalue weighted by atomic mass is 10.2. The number of nitrogens with zero attached hydrogens (tertiary/aromatic N) is 6. The summed E-state index contributed by atoms with van der Waals surface area (Å²) in [7, 11) is 0. The highest BCUT2D eigenvalue weighted by molar-refractivity contribution is 7.13. The smallest absolute Gasteiger partial charge is 0.271 e. The van der Waals surface area contributed by atoms with Crippen LogP contribution >= 0.6 is 11.3 Å². The standard InChI is InChI=1S/C19H23N7OS/c1-2-3-7-25-8-9-26-15(12-25)10-14(24-26)11-22-18(27)16-13-28-19(23-16)17-20-5-4-6-21-17/h4-6,10,13H,2-3,7-9,11-12H2,1H3,(H,22,27). The van der Waals surface area contributed by atoms with Gasteiger partial charge in [-0.1, -0.05) is 13.3 Å². The van der Waals surface area contributed by atoms with E-state index in [0.717, 1.165) is 31.9 Å².